The average molecular weight is 581 g/mol. The molecular formula is C31H24N4O6S. The van der Waals surface area contributed by atoms with Crippen molar-refractivity contribution in [2.75, 3.05) is 18.5 Å². The lowest BCUT2D eigenvalue weighted by Crippen LogP contribution is -2.25. The van der Waals surface area contributed by atoms with Crippen LogP contribution < -0.4 is 13.8 Å². The Bertz CT molecular complexity index is 1790. The third-order valence-corrected chi connectivity index (χ3v) is 7.49. The molecule has 0 aliphatic rings. The van der Waals surface area contributed by atoms with E-state index in [1.54, 1.807) is 42.8 Å². The predicted octanol–water partition coefficient (Wildman–Crippen LogP) is 7.97. The van der Waals surface area contributed by atoms with Gasteiger partial charge in [0.2, 0.25) is 0 Å². The number of anilines is 1. The minimum atomic E-state index is -0.657. The molecule has 10 nitrogen and oxygen atoms in total. The first-order valence-electron chi connectivity index (χ1n) is 12.6. The zero-order chi connectivity index (χ0) is 29.6. The lowest BCUT2D eigenvalue weighted by Gasteiger charge is -2.26. The highest BCUT2D eigenvalue weighted by molar-refractivity contribution is 8.01. The molecule has 0 radical (unpaired) electrons. The highest BCUT2D eigenvalue weighted by atomic mass is 32.2. The van der Waals surface area contributed by atoms with Gasteiger partial charge in [-0.1, -0.05) is 42.5 Å². The van der Waals surface area contributed by atoms with E-state index in [0.29, 0.717) is 28.7 Å². The Morgan fingerprint density at radius 2 is 1.40 bits per heavy atom. The highest BCUT2D eigenvalue weighted by Gasteiger charge is 2.26. The predicted molar refractivity (Wildman–Crippen MR) is 164 cm³/mol. The molecule has 0 atom stereocenters. The number of fused-ring (bicyclic) bond motifs is 1. The first-order chi connectivity index (χ1) is 20.4. The molecule has 0 N–H and O–H groups in total. The minimum absolute atomic E-state index is 0.198. The van der Waals surface area contributed by atoms with Crippen LogP contribution in [0.2, 0.25) is 0 Å². The van der Waals surface area contributed by atoms with E-state index >= 15 is 0 Å². The molecule has 0 bridgehead atoms. The summed E-state index contributed by atoms with van der Waals surface area (Å²) in [5, 5.41) is 25.3. The summed E-state index contributed by atoms with van der Waals surface area (Å²) in [4.78, 5) is 27.4. The van der Waals surface area contributed by atoms with Crippen molar-refractivity contribution in [2.45, 2.75) is 4.90 Å². The molecule has 0 saturated heterocycles. The summed E-state index contributed by atoms with van der Waals surface area (Å²) in [5.41, 5.74) is 1.28. The molecule has 0 aromatic heterocycles. The summed E-state index contributed by atoms with van der Waals surface area (Å²) in [6.45, 7) is 0. The SMILES string of the molecule is COc1ccc(N=C(c2cccc3ccccc23)N(Sc2ccc([N+](=O)[O-])cc2[N+](=O)[O-])c2ccc(OC)cc2)cc1. The Hall–Kier alpha value is -5.42. The topological polar surface area (TPSA) is 120 Å². The van der Waals surface area contributed by atoms with Gasteiger partial charge in [-0.15, -0.1) is 0 Å². The van der Waals surface area contributed by atoms with Gasteiger partial charge in [0.1, 0.15) is 16.4 Å². The molecule has 0 unspecified atom stereocenters. The van der Waals surface area contributed by atoms with Crippen LogP contribution in [0.5, 0.6) is 11.5 Å². The van der Waals surface area contributed by atoms with Crippen molar-refractivity contribution in [2.24, 2.45) is 4.99 Å². The van der Waals surface area contributed by atoms with Gasteiger partial charge in [-0.25, -0.2) is 4.99 Å². The maximum atomic E-state index is 12.1. The van der Waals surface area contributed by atoms with Crippen molar-refractivity contribution < 1.29 is 19.3 Å². The molecule has 210 valence electrons. The van der Waals surface area contributed by atoms with Crippen molar-refractivity contribution >= 4 is 51.3 Å². The molecule has 5 rings (SSSR count). The van der Waals surface area contributed by atoms with Crippen LogP contribution in [0.1, 0.15) is 5.56 Å². The molecule has 11 heteroatoms. The van der Waals surface area contributed by atoms with Crippen LogP contribution in [-0.2, 0) is 0 Å². The van der Waals surface area contributed by atoms with Crippen LogP contribution in [0.25, 0.3) is 10.8 Å². The number of aliphatic imine (C=N–C) groups is 1. The second kappa shape index (κ2) is 12.4. The Balaban J connectivity index is 1.76. The van der Waals surface area contributed by atoms with Crippen molar-refractivity contribution in [1.29, 1.82) is 0 Å². The van der Waals surface area contributed by atoms with E-state index in [2.05, 4.69) is 0 Å². The van der Waals surface area contributed by atoms with Gasteiger partial charge in [0.15, 0.2) is 5.84 Å². The first-order valence-corrected chi connectivity index (χ1v) is 13.4. The number of nitro groups is 2. The van der Waals surface area contributed by atoms with Gasteiger partial charge in [-0.2, -0.15) is 0 Å². The Morgan fingerprint density at radius 1 is 0.762 bits per heavy atom. The molecule has 0 amide bonds. The second-order valence-corrected chi connectivity index (χ2v) is 9.90. The van der Waals surface area contributed by atoms with E-state index < -0.39 is 15.5 Å². The molecule has 0 aliphatic heterocycles. The monoisotopic (exact) mass is 580 g/mol. The number of nitrogens with zero attached hydrogens (tertiary/aromatic N) is 4. The number of ether oxygens (including phenoxy) is 2. The summed E-state index contributed by atoms with van der Waals surface area (Å²) >= 11 is 1.04. The van der Waals surface area contributed by atoms with E-state index in [1.165, 1.54) is 12.1 Å². The van der Waals surface area contributed by atoms with Crippen LogP contribution in [0.15, 0.2) is 119 Å². The van der Waals surface area contributed by atoms with E-state index in [4.69, 9.17) is 14.5 Å². The second-order valence-electron chi connectivity index (χ2n) is 8.91. The van der Waals surface area contributed by atoms with E-state index in [1.807, 2.05) is 66.7 Å². The molecule has 42 heavy (non-hydrogen) atoms. The van der Waals surface area contributed by atoms with Crippen molar-refractivity contribution in [3.63, 3.8) is 0 Å². The van der Waals surface area contributed by atoms with Gasteiger partial charge >= 0.3 is 0 Å². The lowest BCUT2D eigenvalue weighted by molar-refractivity contribution is -0.396. The van der Waals surface area contributed by atoms with Gasteiger partial charge in [0, 0.05) is 23.6 Å². The maximum absolute atomic E-state index is 12.1. The zero-order valence-corrected chi connectivity index (χ0v) is 23.4. The largest absolute Gasteiger partial charge is 0.497 e. The number of hydrogen-bond donors (Lipinski definition) is 0. The Morgan fingerprint density at radius 3 is 2.05 bits per heavy atom. The van der Waals surface area contributed by atoms with Crippen molar-refractivity contribution in [3.05, 3.63) is 135 Å². The highest BCUT2D eigenvalue weighted by Crippen LogP contribution is 2.40. The number of hydrogen-bond acceptors (Lipinski definition) is 8. The normalized spacial score (nSPS) is 11.2. The fourth-order valence-corrected chi connectivity index (χ4v) is 5.29. The van der Waals surface area contributed by atoms with E-state index in [9.17, 15) is 20.2 Å². The molecule has 5 aromatic rings. The summed E-state index contributed by atoms with van der Waals surface area (Å²) < 4.78 is 12.4. The number of nitro benzene ring substituents is 2. The molecule has 5 aromatic carbocycles. The zero-order valence-electron chi connectivity index (χ0n) is 22.5. The van der Waals surface area contributed by atoms with Crippen molar-refractivity contribution in [1.82, 2.24) is 0 Å². The molecular weight excluding hydrogens is 556 g/mol. The number of amidine groups is 1. The third-order valence-electron chi connectivity index (χ3n) is 6.38. The van der Waals surface area contributed by atoms with Gasteiger partial charge in [-0.3, -0.25) is 24.5 Å². The van der Waals surface area contributed by atoms with Crippen LogP contribution in [0.3, 0.4) is 0 Å². The fraction of sp³-hybridized carbons (Fsp3) is 0.0645. The first kappa shape index (κ1) is 28.1. The Labute approximate surface area is 245 Å². The molecule has 0 fully saturated rings. The molecule has 0 saturated carbocycles. The summed E-state index contributed by atoms with van der Waals surface area (Å²) in [7, 11) is 3.15. The van der Waals surface area contributed by atoms with Gasteiger partial charge < -0.3 is 9.47 Å². The number of methoxy groups -OCH3 is 2. The summed E-state index contributed by atoms with van der Waals surface area (Å²) in [6.07, 6.45) is 0. The van der Waals surface area contributed by atoms with Crippen molar-refractivity contribution in [3.8, 4) is 11.5 Å². The summed E-state index contributed by atoms with van der Waals surface area (Å²) in [6, 6.07) is 31.7. The van der Waals surface area contributed by atoms with Gasteiger partial charge in [-0.05, 0) is 65.4 Å². The number of non-ortho nitro benzene ring substituents is 1. The third kappa shape index (κ3) is 6.01. The molecule has 0 aliphatic carbocycles. The van der Waals surface area contributed by atoms with Crippen LogP contribution in [0, 0.1) is 20.2 Å². The average Bonchev–Trinajstić information content (AvgIpc) is 3.02. The molecule has 0 heterocycles. The van der Waals surface area contributed by atoms with E-state index in [-0.39, 0.29) is 10.6 Å². The smallest absolute Gasteiger partial charge is 0.291 e. The standard InChI is InChI=1S/C31H24N4O6S/c1-40-25-15-10-22(11-16-25)32-31(28-9-5-7-21-6-3-4-8-27(21)28)33(23-12-17-26(41-2)18-13-23)42-30-19-14-24(34(36)37)20-29(30)35(38)39/h3-20H,1-2H3. The minimum Gasteiger partial charge on any atom is -0.497 e. The lowest BCUT2D eigenvalue weighted by atomic mass is 10.0. The fourth-order valence-electron chi connectivity index (χ4n) is 4.29. The van der Waals surface area contributed by atoms with Crippen LogP contribution >= 0.6 is 11.9 Å². The van der Waals surface area contributed by atoms with E-state index in [0.717, 1.165) is 34.4 Å². The van der Waals surface area contributed by atoms with Crippen LogP contribution in [-0.4, -0.2) is 29.9 Å². The Kier molecular flexibility index (Phi) is 8.30. The number of benzene rings is 5. The number of rotatable bonds is 9. The van der Waals surface area contributed by atoms with Gasteiger partial charge in [0.25, 0.3) is 11.4 Å². The quantitative estimate of drug-likeness (QED) is 0.0566. The van der Waals surface area contributed by atoms with Crippen LogP contribution in [0.4, 0.5) is 22.7 Å². The van der Waals surface area contributed by atoms with Gasteiger partial charge in [0.05, 0.1) is 41.5 Å². The molecule has 0 spiro atoms. The maximum Gasteiger partial charge on any atom is 0.291 e. The summed E-state index contributed by atoms with van der Waals surface area (Å²) in [5.74, 6) is 1.78.